The van der Waals surface area contributed by atoms with Crippen molar-refractivity contribution in [2.75, 3.05) is 16.8 Å². The van der Waals surface area contributed by atoms with E-state index in [0.717, 1.165) is 26.9 Å². The van der Waals surface area contributed by atoms with Gasteiger partial charge in [0.1, 0.15) is 4.91 Å². The van der Waals surface area contributed by atoms with Gasteiger partial charge in [-0.2, -0.15) is 0 Å². The van der Waals surface area contributed by atoms with Crippen LogP contribution in [0.25, 0.3) is 0 Å². The van der Waals surface area contributed by atoms with Crippen LogP contribution in [0.4, 0.5) is 17.1 Å². The summed E-state index contributed by atoms with van der Waals surface area (Å²) in [5.41, 5.74) is 4.14. The third-order valence-electron chi connectivity index (χ3n) is 5.45. The fraction of sp³-hybridized carbons (Fsp3) is 0.115. The van der Waals surface area contributed by atoms with Crippen molar-refractivity contribution in [3.63, 3.8) is 0 Å². The normalized spacial score (nSPS) is 18.9. The first-order valence-corrected chi connectivity index (χ1v) is 12.1. The number of ketones is 1. The largest absolute Gasteiger partial charge is 0.337 e. The predicted octanol–water partition coefficient (Wildman–Crippen LogP) is 6.38. The van der Waals surface area contributed by atoms with Gasteiger partial charge in [-0.15, -0.1) is 0 Å². The number of amides is 1. The fourth-order valence-corrected chi connectivity index (χ4v) is 6.12. The minimum atomic E-state index is -0.103. The Bertz CT molecular complexity index is 1360. The molecule has 0 aliphatic carbocycles. The number of carbonyl (C=O) groups is 2. The van der Waals surface area contributed by atoms with Crippen molar-refractivity contribution in [3.05, 3.63) is 93.9 Å². The fourth-order valence-electron chi connectivity index (χ4n) is 3.78. The van der Waals surface area contributed by atoms with Crippen molar-refractivity contribution in [1.29, 1.82) is 0 Å². The maximum atomic E-state index is 13.7. The molecule has 2 aliphatic rings. The number of thioether (sulfide) groups is 2. The number of aliphatic imine (C=N–C) groups is 1. The van der Waals surface area contributed by atoms with Crippen LogP contribution >= 0.6 is 23.5 Å². The molecule has 3 aromatic rings. The van der Waals surface area contributed by atoms with Crippen molar-refractivity contribution in [2.45, 2.75) is 18.7 Å². The molecular weight excluding hydrogens is 450 g/mol. The molecule has 0 N–H and O–H groups in total. The van der Waals surface area contributed by atoms with Gasteiger partial charge >= 0.3 is 0 Å². The Hall–Kier alpha value is -3.29. The average molecular weight is 472 g/mol. The lowest BCUT2D eigenvalue weighted by molar-refractivity contribution is -0.113. The number of para-hydroxylation sites is 1. The molecule has 3 aromatic carbocycles. The van der Waals surface area contributed by atoms with Crippen LogP contribution < -0.4 is 9.80 Å². The SMILES string of the molecule is CC(=O)c1cccc(N=C2SC(=C3Sc4ccccc4N3C)C(=O)N2c2cccc(C)c2)c1. The zero-order valence-corrected chi connectivity index (χ0v) is 20.0. The highest BCUT2D eigenvalue weighted by atomic mass is 32.2. The maximum absolute atomic E-state index is 13.7. The van der Waals surface area contributed by atoms with Gasteiger partial charge < -0.3 is 4.90 Å². The maximum Gasteiger partial charge on any atom is 0.274 e. The van der Waals surface area contributed by atoms with E-state index in [0.29, 0.717) is 21.3 Å². The predicted molar refractivity (Wildman–Crippen MR) is 138 cm³/mol. The number of hydrogen-bond acceptors (Lipinski definition) is 6. The summed E-state index contributed by atoms with van der Waals surface area (Å²) in [6, 6.07) is 23.1. The molecule has 164 valence electrons. The topological polar surface area (TPSA) is 53.0 Å². The number of amidine groups is 1. The summed E-state index contributed by atoms with van der Waals surface area (Å²) in [4.78, 5) is 35.9. The van der Waals surface area contributed by atoms with E-state index in [-0.39, 0.29) is 11.7 Å². The first-order chi connectivity index (χ1) is 15.9. The third kappa shape index (κ3) is 3.98. The summed E-state index contributed by atoms with van der Waals surface area (Å²) in [6.07, 6.45) is 0. The highest BCUT2D eigenvalue weighted by Crippen LogP contribution is 2.50. The number of benzene rings is 3. The number of fused-ring (bicyclic) bond motifs is 1. The van der Waals surface area contributed by atoms with Crippen LogP contribution in [0, 0.1) is 6.92 Å². The van der Waals surface area contributed by atoms with Crippen molar-refractivity contribution in [3.8, 4) is 0 Å². The number of hydrogen-bond donors (Lipinski definition) is 0. The van der Waals surface area contributed by atoms with E-state index in [4.69, 9.17) is 4.99 Å². The number of Topliss-reactive ketones (excluding diaryl/α,β-unsaturated/α-hetero) is 1. The Morgan fingerprint density at radius 2 is 1.73 bits per heavy atom. The van der Waals surface area contributed by atoms with E-state index >= 15 is 0 Å². The Balaban J connectivity index is 1.62. The molecule has 0 saturated carbocycles. The highest BCUT2D eigenvalue weighted by molar-refractivity contribution is 8.20. The van der Waals surface area contributed by atoms with Gasteiger partial charge in [0, 0.05) is 17.5 Å². The molecule has 2 aliphatic heterocycles. The van der Waals surface area contributed by atoms with E-state index in [1.165, 1.54) is 18.7 Å². The first kappa shape index (κ1) is 21.6. The molecule has 0 unspecified atom stereocenters. The molecule has 7 heteroatoms. The van der Waals surface area contributed by atoms with Crippen LogP contribution in [0.2, 0.25) is 0 Å². The molecule has 5 nitrogen and oxygen atoms in total. The number of anilines is 2. The van der Waals surface area contributed by atoms with Crippen LogP contribution in [-0.4, -0.2) is 23.9 Å². The second kappa shape index (κ2) is 8.57. The Morgan fingerprint density at radius 3 is 2.48 bits per heavy atom. The van der Waals surface area contributed by atoms with Gasteiger partial charge in [0.15, 0.2) is 11.0 Å². The molecule has 33 heavy (non-hydrogen) atoms. The molecule has 0 bridgehead atoms. The van der Waals surface area contributed by atoms with Crippen LogP contribution in [0.5, 0.6) is 0 Å². The lowest BCUT2D eigenvalue weighted by Crippen LogP contribution is -2.29. The van der Waals surface area contributed by atoms with Gasteiger partial charge in [-0.25, -0.2) is 4.99 Å². The first-order valence-electron chi connectivity index (χ1n) is 10.5. The van der Waals surface area contributed by atoms with Crippen molar-refractivity contribution >= 4 is 57.4 Å². The molecule has 0 aromatic heterocycles. The van der Waals surface area contributed by atoms with Crippen molar-refractivity contribution in [1.82, 2.24) is 0 Å². The molecule has 0 atom stereocenters. The van der Waals surface area contributed by atoms with E-state index < -0.39 is 0 Å². The standard InChI is InChI=1S/C26H21N3O2S2/c1-16-8-6-11-20(14-16)29-24(31)23(25-28(3)21-12-4-5-13-22(21)32-25)33-26(29)27-19-10-7-9-18(15-19)17(2)30/h4-15H,1-3H3. The number of rotatable bonds is 3. The van der Waals surface area contributed by atoms with E-state index in [2.05, 4.69) is 17.0 Å². The molecule has 1 saturated heterocycles. The van der Waals surface area contributed by atoms with Gasteiger partial charge in [-0.1, -0.05) is 48.2 Å². The zero-order valence-electron chi connectivity index (χ0n) is 18.4. The number of aryl methyl sites for hydroxylation is 1. The minimum Gasteiger partial charge on any atom is -0.337 e. The molecule has 1 fully saturated rings. The average Bonchev–Trinajstić information content (AvgIpc) is 3.30. The van der Waals surface area contributed by atoms with Crippen LogP contribution in [-0.2, 0) is 4.79 Å². The Kier molecular flexibility index (Phi) is 5.60. The summed E-state index contributed by atoms with van der Waals surface area (Å²) in [5, 5.41) is 1.46. The molecular formula is C26H21N3O2S2. The van der Waals surface area contributed by atoms with Crippen LogP contribution in [0.3, 0.4) is 0 Å². The quantitative estimate of drug-likeness (QED) is 0.328. The van der Waals surface area contributed by atoms with Gasteiger partial charge in [0.05, 0.1) is 22.1 Å². The summed E-state index contributed by atoms with van der Waals surface area (Å²) in [7, 11) is 1.98. The van der Waals surface area contributed by atoms with Crippen molar-refractivity contribution < 1.29 is 9.59 Å². The molecule has 1 amide bonds. The van der Waals surface area contributed by atoms with Gasteiger partial charge in [0.25, 0.3) is 5.91 Å². The van der Waals surface area contributed by atoms with Gasteiger partial charge in [0.2, 0.25) is 0 Å². The second-order valence-corrected chi connectivity index (χ2v) is 9.85. The second-order valence-electron chi connectivity index (χ2n) is 7.85. The minimum absolute atomic E-state index is 0.0210. The van der Waals surface area contributed by atoms with Gasteiger partial charge in [-0.05, 0) is 67.6 Å². The summed E-state index contributed by atoms with van der Waals surface area (Å²) >= 11 is 2.96. The summed E-state index contributed by atoms with van der Waals surface area (Å²) < 4.78 is 0. The molecule has 5 rings (SSSR count). The lowest BCUT2D eigenvalue weighted by Gasteiger charge is -2.17. The van der Waals surface area contributed by atoms with Gasteiger partial charge in [-0.3, -0.25) is 14.5 Å². The smallest absolute Gasteiger partial charge is 0.274 e. The van der Waals surface area contributed by atoms with E-state index in [1.807, 2.05) is 62.5 Å². The molecule has 0 radical (unpaired) electrons. The number of carbonyl (C=O) groups excluding carboxylic acids is 2. The highest BCUT2D eigenvalue weighted by Gasteiger charge is 2.40. The van der Waals surface area contributed by atoms with E-state index in [1.54, 1.807) is 28.8 Å². The van der Waals surface area contributed by atoms with Crippen molar-refractivity contribution in [2.24, 2.45) is 4.99 Å². The number of nitrogens with zero attached hydrogens (tertiary/aromatic N) is 3. The van der Waals surface area contributed by atoms with Crippen LogP contribution in [0.15, 0.2) is 92.6 Å². The van der Waals surface area contributed by atoms with E-state index in [9.17, 15) is 9.59 Å². The zero-order chi connectivity index (χ0) is 23.1. The lowest BCUT2D eigenvalue weighted by atomic mass is 10.1. The molecule has 0 spiro atoms. The summed E-state index contributed by atoms with van der Waals surface area (Å²) in [6.45, 7) is 3.54. The summed E-state index contributed by atoms with van der Waals surface area (Å²) in [5.74, 6) is -0.124. The molecule has 2 heterocycles. The third-order valence-corrected chi connectivity index (χ3v) is 7.85. The monoisotopic (exact) mass is 471 g/mol. The van der Waals surface area contributed by atoms with Crippen LogP contribution in [0.1, 0.15) is 22.8 Å². The Morgan fingerprint density at radius 1 is 0.939 bits per heavy atom. The Labute approximate surface area is 201 Å².